The maximum absolute atomic E-state index is 12.7. The van der Waals surface area contributed by atoms with Crippen molar-refractivity contribution >= 4 is 35.4 Å². The molecular weight excluding hydrogens is 457 g/mol. The third kappa shape index (κ3) is 4.84. The molecule has 3 aromatic rings. The normalized spacial score (nSPS) is 14.5. The first-order valence-electron chi connectivity index (χ1n) is 9.90. The number of halogens is 3. The van der Waals surface area contributed by atoms with Gasteiger partial charge in [-0.15, -0.1) is 0 Å². The van der Waals surface area contributed by atoms with Gasteiger partial charge < -0.3 is 20.9 Å². The van der Waals surface area contributed by atoms with E-state index >= 15 is 0 Å². The van der Waals surface area contributed by atoms with Crippen LogP contribution in [0, 0.1) is 0 Å². The Morgan fingerprint density at radius 3 is 2.82 bits per heavy atom. The van der Waals surface area contributed by atoms with E-state index in [9.17, 15) is 22.8 Å². The second-order valence-electron chi connectivity index (χ2n) is 7.34. The van der Waals surface area contributed by atoms with Crippen molar-refractivity contribution in [3.63, 3.8) is 0 Å². The second-order valence-corrected chi connectivity index (χ2v) is 7.34. The first kappa shape index (κ1) is 22.8. The molecule has 1 unspecified atom stereocenters. The zero-order chi connectivity index (χ0) is 24.5. The SMILES string of the molecule is CC(NC(=O)c1ncnc2c1CCC(=O)N2)c1cc(/C=N/c2ncc(C(F)(F)F)cc2N)no1. The van der Waals surface area contributed by atoms with Crippen LogP contribution in [0.5, 0.6) is 0 Å². The van der Waals surface area contributed by atoms with Crippen LogP contribution in [0.4, 0.5) is 30.5 Å². The van der Waals surface area contributed by atoms with Crippen molar-refractivity contribution in [2.24, 2.45) is 4.99 Å². The molecule has 4 heterocycles. The summed E-state index contributed by atoms with van der Waals surface area (Å²) in [4.78, 5) is 39.8. The number of aliphatic imine (C=N–C) groups is 1. The number of nitrogens with one attached hydrogen (secondary N) is 2. The van der Waals surface area contributed by atoms with Gasteiger partial charge in [0.15, 0.2) is 11.6 Å². The molecule has 1 aliphatic rings. The molecule has 0 spiro atoms. The van der Waals surface area contributed by atoms with Gasteiger partial charge in [0.2, 0.25) is 5.91 Å². The fraction of sp³-hybridized carbons (Fsp3) is 0.250. The molecule has 4 N–H and O–H groups in total. The maximum Gasteiger partial charge on any atom is 0.417 e. The van der Waals surface area contributed by atoms with Gasteiger partial charge in [-0.3, -0.25) is 9.59 Å². The predicted octanol–water partition coefficient (Wildman–Crippen LogP) is 2.59. The van der Waals surface area contributed by atoms with Gasteiger partial charge in [-0.1, -0.05) is 5.16 Å². The molecule has 14 heteroatoms. The van der Waals surface area contributed by atoms with Crippen molar-refractivity contribution in [3.8, 4) is 0 Å². The smallest absolute Gasteiger partial charge is 0.396 e. The summed E-state index contributed by atoms with van der Waals surface area (Å²) in [6, 6.07) is 1.62. The molecule has 0 bridgehead atoms. The van der Waals surface area contributed by atoms with E-state index in [-0.39, 0.29) is 35.2 Å². The van der Waals surface area contributed by atoms with Crippen molar-refractivity contribution in [2.45, 2.75) is 32.0 Å². The van der Waals surface area contributed by atoms with E-state index in [0.29, 0.717) is 29.8 Å². The number of fused-ring (bicyclic) bond motifs is 1. The van der Waals surface area contributed by atoms with Crippen LogP contribution in [-0.4, -0.2) is 38.1 Å². The Balaban J connectivity index is 1.44. The van der Waals surface area contributed by atoms with E-state index < -0.39 is 23.7 Å². The molecule has 2 amide bonds. The average Bonchev–Trinajstić information content (AvgIpc) is 3.26. The van der Waals surface area contributed by atoms with Gasteiger partial charge in [-0.05, 0) is 19.4 Å². The Bertz CT molecular complexity index is 1290. The molecule has 1 atom stereocenters. The summed E-state index contributed by atoms with van der Waals surface area (Å²) in [5.74, 6) is -0.192. The number of nitrogen functional groups attached to an aromatic ring is 1. The Morgan fingerprint density at radius 1 is 1.29 bits per heavy atom. The molecule has 0 aliphatic carbocycles. The number of hydrogen-bond donors (Lipinski definition) is 3. The Kier molecular flexibility index (Phi) is 5.96. The summed E-state index contributed by atoms with van der Waals surface area (Å²) < 4.78 is 43.4. The zero-order valence-electron chi connectivity index (χ0n) is 17.6. The van der Waals surface area contributed by atoms with Crippen molar-refractivity contribution < 1.29 is 27.3 Å². The van der Waals surface area contributed by atoms with Crippen LogP contribution in [0.3, 0.4) is 0 Å². The summed E-state index contributed by atoms with van der Waals surface area (Å²) in [5.41, 5.74) is 5.29. The highest BCUT2D eigenvalue weighted by Crippen LogP contribution is 2.32. The minimum Gasteiger partial charge on any atom is -0.396 e. The lowest BCUT2D eigenvalue weighted by Gasteiger charge is -2.18. The van der Waals surface area contributed by atoms with Crippen LogP contribution in [0.1, 0.15) is 52.5 Å². The van der Waals surface area contributed by atoms with Gasteiger partial charge >= 0.3 is 6.18 Å². The number of carbonyl (C=O) groups excluding carboxylic acids is 2. The molecule has 3 aromatic heterocycles. The fourth-order valence-corrected chi connectivity index (χ4v) is 3.16. The van der Waals surface area contributed by atoms with E-state index in [2.05, 4.69) is 35.7 Å². The minimum absolute atomic E-state index is 0.112. The minimum atomic E-state index is -4.57. The number of carbonyl (C=O) groups is 2. The highest BCUT2D eigenvalue weighted by molar-refractivity contribution is 5.99. The number of amides is 2. The van der Waals surface area contributed by atoms with Crippen LogP contribution in [0.25, 0.3) is 0 Å². The highest BCUT2D eigenvalue weighted by Gasteiger charge is 2.31. The molecule has 34 heavy (non-hydrogen) atoms. The summed E-state index contributed by atoms with van der Waals surface area (Å²) in [6.45, 7) is 1.66. The van der Waals surface area contributed by atoms with Crippen LogP contribution < -0.4 is 16.4 Å². The lowest BCUT2D eigenvalue weighted by Crippen LogP contribution is -2.30. The average molecular weight is 474 g/mol. The highest BCUT2D eigenvalue weighted by atomic mass is 19.4. The lowest BCUT2D eigenvalue weighted by atomic mass is 10.0. The van der Waals surface area contributed by atoms with E-state index in [1.165, 1.54) is 18.6 Å². The van der Waals surface area contributed by atoms with Gasteiger partial charge in [0.05, 0.1) is 23.5 Å². The van der Waals surface area contributed by atoms with Gasteiger partial charge in [0.1, 0.15) is 23.5 Å². The fourth-order valence-electron chi connectivity index (χ4n) is 3.16. The molecule has 0 fully saturated rings. The summed E-state index contributed by atoms with van der Waals surface area (Å²) in [6.07, 6.45) is -0.969. The number of hydrogen-bond acceptors (Lipinski definition) is 9. The molecule has 176 valence electrons. The molecular formula is C20H17F3N8O3. The van der Waals surface area contributed by atoms with Crippen LogP contribution in [0.15, 0.2) is 34.2 Å². The summed E-state index contributed by atoms with van der Waals surface area (Å²) >= 11 is 0. The van der Waals surface area contributed by atoms with Crippen molar-refractivity contribution in [2.75, 3.05) is 11.1 Å². The second kappa shape index (κ2) is 8.88. The van der Waals surface area contributed by atoms with Crippen molar-refractivity contribution in [3.05, 3.63) is 52.9 Å². The summed E-state index contributed by atoms with van der Waals surface area (Å²) in [5, 5.41) is 9.13. The molecule has 0 radical (unpaired) electrons. The number of alkyl halides is 3. The first-order chi connectivity index (χ1) is 16.1. The number of nitrogens with zero attached hydrogens (tertiary/aromatic N) is 5. The van der Waals surface area contributed by atoms with Gasteiger partial charge in [0.25, 0.3) is 5.91 Å². The number of nitrogens with two attached hydrogens (primary N) is 1. The molecule has 0 saturated heterocycles. The van der Waals surface area contributed by atoms with E-state index in [1.807, 2.05) is 0 Å². The van der Waals surface area contributed by atoms with Crippen molar-refractivity contribution in [1.82, 2.24) is 25.4 Å². The van der Waals surface area contributed by atoms with Gasteiger partial charge in [0, 0.05) is 24.2 Å². The molecule has 0 saturated carbocycles. The largest absolute Gasteiger partial charge is 0.417 e. The zero-order valence-corrected chi connectivity index (χ0v) is 17.6. The monoisotopic (exact) mass is 474 g/mol. The molecule has 1 aliphatic heterocycles. The number of aromatic nitrogens is 4. The van der Waals surface area contributed by atoms with E-state index in [1.54, 1.807) is 6.92 Å². The third-order valence-electron chi connectivity index (χ3n) is 4.88. The van der Waals surface area contributed by atoms with Crippen LogP contribution in [0.2, 0.25) is 0 Å². The molecule has 11 nitrogen and oxygen atoms in total. The Labute approximate surface area is 189 Å². The number of rotatable bonds is 5. The van der Waals surface area contributed by atoms with E-state index in [0.717, 1.165) is 6.07 Å². The predicted molar refractivity (Wildman–Crippen MR) is 112 cm³/mol. The lowest BCUT2D eigenvalue weighted by molar-refractivity contribution is -0.137. The maximum atomic E-state index is 12.7. The Morgan fingerprint density at radius 2 is 2.09 bits per heavy atom. The topological polar surface area (TPSA) is 161 Å². The van der Waals surface area contributed by atoms with Crippen LogP contribution >= 0.6 is 0 Å². The molecule has 4 rings (SSSR count). The van der Waals surface area contributed by atoms with E-state index in [4.69, 9.17) is 10.3 Å². The number of anilines is 2. The van der Waals surface area contributed by atoms with Gasteiger partial charge in [-0.2, -0.15) is 13.2 Å². The third-order valence-corrected chi connectivity index (χ3v) is 4.88. The van der Waals surface area contributed by atoms with Gasteiger partial charge in [-0.25, -0.2) is 19.9 Å². The first-order valence-corrected chi connectivity index (χ1v) is 9.90. The van der Waals surface area contributed by atoms with Crippen LogP contribution in [-0.2, 0) is 17.4 Å². The summed E-state index contributed by atoms with van der Waals surface area (Å²) in [7, 11) is 0. The quantitative estimate of drug-likeness (QED) is 0.476. The molecule has 0 aromatic carbocycles. The van der Waals surface area contributed by atoms with Crippen molar-refractivity contribution in [1.29, 1.82) is 0 Å². The standard InChI is InChI=1S/C20H17F3N8O3/c1-9(29-19(33)16-12-2-3-15(32)30-17(12)28-8-27-16)14-5-11(31-34-14)7-26-18-13(24)4-10(6-25-18)20(21,22)23/h4-9H,2-3,24H2,1H3,(H,29,33)(H,27,28,30,32)/b26-7+. The Hall–Kier alpha value is -4.36. The number of pyridine rings is 1.